The lowest BCUT2D eigenvalue weighted by Gasteiger charge is -2.45. The second-order valence-corrected chi connectivity index (χ2v) is 6.07. The Kier molecular flexibility index (Phi) is 1.90. The predicted octanol–water partition coefficient (Wildman–Crippen LogP) is 3.20. The van der Waals surface area contributed by atoms with E-state index >= 15 is 0 Å². The maximum atomic E-state index is 11.6. The van der Waals surface area contributed by atoms with Crippen molar-refractivity contribution in [2.24, 2.45) is 29.1 Å². The molecular weight excluding hydrogens is 184 g/mol. The van der Waals surface area contributed by atoms with Gasteiger partial charge in [-0.15, -0.1) is 0 Å². The Morgan fingerprint density at radius 2 is 2.13 bits per heavy atom. The highest BCUT2D eigenvalue weighted by molar-refractivity contribution is 5.79. The average molecular weight is 204 g/mol. The monoisotopic (exact) mass is 204 g/mol. The molecule has 0 heterocycles. The van der Waals surface area contributed by atoms with Crippen LogP contribution in [0.25, 0.3) is 0 Å². The SMILES string of the molecule is CC(=O)C1CC2CC1C1CC=CCC21C. The third kappa shape index (κ3) is 1.12. The van der Waals surface area contributed by atoms with Crippen molar-refractivity contribution in [3.05, 3.63) is 12.2 Å². The number of rotatable bonds is 1. The Bertz CT molecular complexity index is 330. The largest absolute Gasteiger partial charge is 0.300 e. The molecule has 0 aromatic rings. The molecule has 2 bridgehead atoms. The lowest BCUT2D eigenvalue weighted by Crippen LogP contribution is -2.39. The number of carbonyl (C=O) groups excluding carboxylic acids is 1. The molecule has 15 heavy (non-hydrogen) atoms. The molecule has 82 valence electrons. The molecule has 0 radical (unpaired) electrons. The molecule has 3 aliphatic rings. The molecule has 2 saturated carbocycles. The maximum absolute atomic E-state index is 11.6. The highest BCUT2D eigenvalue weighted by atomic mass is 16.1. The van der Waals surface area contributed by atoms with Gasteiger partial charge in [0, 0.05) is 5.92 Å². The summed E-state index contributed by atoms with van der Waals surface area (Å²) in [5.74, 6) is 3.18. The topological polar surface area (TPSA) is 17.1 Å². The summed E-state index contributed by atoms with van der Waals surface area (Å²) in [6.07, 6.45) is 9.68. The van der Waals surface area contributed by atoms with Crippen LogP contribution >= 0.6 is 0 Å². The fraction of sp³-hybridized carbons (Fsp3) is 0.786. The molecular formula is C14H20O. The van der Waals surface area contributed by atoms with Gasteiger partial charge in [0.05, 0.1) is 0 Å². The lowest BCUT2D eigenvalue weighted by molar-refractivity contribution is -0.124. The van der Waals surface area contributed by atoms with E-state index in [9.17, 15) is 4.79 Å². The van der Waals surface area contributed by atoms with E-state index in [1.165, 1.54) is 25.7 Å². The van der Waals surface area contributed by atoms with Crippen LogP contribution in [-0.4, -0.2) is 5.78 Å². The standard InChI is InChI=1S/C14H20O/c1-9(15)11-7-10-8-12(11)13-5-3-4-6-14(10,13)2/h3-4,10-13H,5-8H2,1-2H3. The Labute approximate surface area is 91.9 Å². The quantitative estimate of drug-likeness (QED) is 0.599. The van der Waals surface area contributed by atoms with Gasteiger partial charge in [-0.2, -0.15) is 0 Å². The van der Waals surface area contributed by atoms with Gasteiger partial charge in [0.2, 0.25) is 0 Å². The molecule has 0 aromatic heterocycles. The number of fused-ring (bicyclic) bond motifs is 5. The van der Waals surface area contributed by atoms with E-state index in [1.54, 1.807) is 6.92 Å². The molecule has 0 saturated heterocycles. The van der Waals surface area contributed by atoms with Crippen LogP contribution in [0.2, 0.25) is 0 Å². The smallest absolute Gasteiger partial charge is 0.133 e. The number of hydrogen-bond donors (Lipinski definition) is 0. The van der Waals surface area contributed by atoms with E-state index in [0.29, 0.717) is 23.0 Å². The van der Waals surface area contributed by atoms with E-state index in [2.05, 4.69) is 19.1 Å². The minimum absolute atomic E-state index is 0.402. The summed E-state index contributed by atoms with van der Waals surface area (Å²) in [6, 6.07) is 0. The van der Waals surface area contributed by atoms with Gasteiger partial charge in [0.25, 0.3) is 0 Å². The number of allylic oxidation sites excluding steroid dienone is 2. The van der Waals surface area contributed by atoms with Gasteiger partial charge in [-0.1, -0.05) is 19.1 Å². The van der Waals surface area contributed by atoms with Crippen molar-refractivity contribution < 1.29 is 4.79 Å². The first-order chi connectivity index (χ1) is 7.13. The fourth-order valence-corrected chi connectivity index (χ4v) is 4.65. The second kappa shape index (κ2) is 2.96. The van der Waals surface area contributed by atoms with Crippen LogP contribution in [0.5, 0.6) is 0 Å². The van der Waals surface area contributed by atoms with Crippen LogP contribution in [0.15, 0.2) is 12.2 Å². The minimum atomic E-state index is 0.402. The van der Waals surface area contributed by atoms with Crippen molar-refractivity contribution in [3.8, 4) is 0 Å². The Hall–Kier alpha value is -0.590. The molecule has 0 spiro atoms. The van der Waals surface area contributed by atoms with E-state index in [4.69, 9.17) is 0 Å². The number of Topliss-reactive ketones (excluding diaryl/α,β-unsaturated/α-hetero) is 1. The van der Waals surface area contributed by atoms with Crippen LogP contribution in [-0.2, 0) is 4.79 Å². The first kappa shape index (κ1) is 9.62. The first-order valence-corrected chi connectivity index (χ1v) is 6.28. The van der Waals surface area contributed by atoms with Gasteiger partial charge >= 0.3 is 0 Å². The highest BCUT2D eigenvalue weighted by Gasteiger charge is 2.59. The second-order valence-electron chi connectivity index (χ2n) is 6.07. The van der Waals surface area contributed by atoms with Crippen molar-refractivity contribution in [1.29, 1.82) is 0 Å². The van der Waals surface area contributed by atoms with Crippen molar-refractivity contribution in [2.45, 2.75) is 39.5 Å². The van der Waals surface area contributed by atoms with Crippen molar-refractivity contribution in [3.63, 3.8) is 0 Å². The van der Waals surface area contributed by atoms with Crippen molar-refractivity contribution in [1.82, 2.24) is 0 Å². The average Bonchev–Trinajstić information content (AvgIpc) is 2.73. The van der Waals surface area contributed by atoms with Gasteiger partial charge in [0.15, 0.2) is 0 Å². The summed E-state index contributed by atoms with van der Waals surface area (Å²) >= 11 is 0. The van der Waals surface area contributed by atoms with Gasteiger partial charge in [-0.3, -0.25) is 4.79 Å². The van der Waals surface area contributed by atoms with Gasteiger partial charge < -0.3 is 0 Å². The summed E-state index contributed by atoms with van der Waals surface area (Å²) in [6.45, 7) is 4.25. The summed E-state index contributed by atoms with van der Waals surface area (Å²) in [7, 11) is 0. The molecule has 0 aliphatic heterocycles. The van der Waals surface area contributed by atoms with E-state index in [0.717, 1.165) is 11.8 Å². The zero-order chi connectivity index (χ0) is 10.6. The predicted molar refractivity (Wildman–Crippen MR) is 60.4 cm³/mol. The Morgan fingerprint density at radius 1 is 1.33 bits per heavy atom. The fourth-order valence-electron chi connectivity index (χ4n) is 4.65. The van der Waals surface area contributed by atoms with Crippen LogP contribution in [0.1, 0.15) is 39.5 Å². The maximum Gasteiger partial charge on any atom is 0.133 e. The van der Waals surface area contributed by atoms with Crippen LogP contribution in [0.4, 0.5) is 0 Å². The van der Waals surface area contributed by atoms with Gasteiger partial charge in [-0.05, 0) is 55.8 Å². The molecule has 1 heteroatoms. The van der Waals surface area contributed by atoms with Crippen molar-refractivity contribution in [2.75, 3.05) is 0 Å². The zero-order valence-electron chi connectivity index (χ0n) is 9.70. The summed E-state index contributed by atoms with van der Waals surface area (Å²) in [5, 5.41) is 0. The number of ketones is 1. The minimum Gasteiger partial charge on any atom is -0.300 e. The zero-order valence-corrected chi connectivity index (χ0v) is 9.70. The first-order valence-electron chi connectivity index (χ1n) is 6.28. The molecule has 0 N–H and O–H groups in total. The highest BCUT2D eigenvalue weighted by Crippen LogP contribution is 2.65. The van der Waals surface area contributed by atoms with E-state index in [1.807, 2.05) is 0 Å². The third-order valence-electron chi connectivity index (χ3n) is 5.54. The number of hydrogen-bond acceptors (Lipinski definition) is 1. The van der Waals surface area contributed by atoms with E-state index < -0.39 is 0 Å². The number of carbonyl (C=O) groups is 1. The van der Waals surface area contributed by atoms with E-state index in [-0.39, 0.29) is 0 Å². The molecule has 1 nitrogen and oxygen atoms in total. The molecule has 5 atom stereocenters. The lowest BCUT2D eigenvalue weighted by atomic mass is 9.59. The summed E-state index contributed by atoms with van der Waals surface area (Å²) in [4.78, 5) is 11.6. The van der Waals surface area contributed by atoms with Crippen molar-refractivity contribution >= 4 is 5.78 Å². The third-order valence-corrected chi connectivity index (χ3v) is 5.54. The molecule has 3 aliphatic carbocycles. The summed E-state index contributed by atoms with van der Waals surface area (Å²) < 4.78 is 0. The summed E-state index contributed by atoms with van der Waals surface area (Å²) in [5.41, 5.74) is 0.533. The molecule has 2 fully saturated rings. The van der Waals surface area contributed by atoms with Gasteiger partial charge in [-0.25, -0.2) is 0 Å². The molecule has 0 amide bonds. The molecule has 0 aromatic carbocycles. The Morgan fingerprint density at radius 3 is 2.87 bits per heavy atom. The van der Waals surface area contributed by atoms with Crippen LogP contribution in [0.3, 0.4) is 0 Å². The van der Waals surface area contributed by atoms with Gasteiger partial charge in [0.1, 0.15) is 5.78 Å². The molecule has 3 rings (SSSR count). The van der Waals surface area contributed by atoms with Crippen LogP contribution in [0, 0.1) is 29.1 Å². The normalized spacial score (nSPS) is 51.9. The van der Waals surface area contributed by atoms with Crippen LogP contribution < -0.4 is 0 Å². The molecule has 5 unspecified atom stereocenters. The Balaban J connectivity index is 1.93.